The Morgan fingerprint density at radius 3 is 2.49 bits per heavy atom. The van der Waals surface area contributed by atoms with Gasteiger partial charge in [0.25, 0.3) is 5.91 Å². The van der Waals surface area contributed by atoms with Gasteiger partial charge in [-0.2, -0.15) is 13.2 Å². The highest BCUT2D eigenvalue weighted by atomic mass is 19.4. The Hall–Kier alpha value is -3.84. The second kappa shape index (κ2) is 11.5. The fourth-order valence-corrected chi connectivity index (χ4v) is 6.59. The molecule has 10 nitrogen and oxygen atoms in total. The Balaban J connectivity index is 1.28. The summed E-state index contributed by atoms with van der Waals surface area (Å²) < 4.78 is 56.0. The van der Waals surface area contributed by atoms with Gasteiger partial charge in [-0.15, -0.1) is 10.2 Å². The number of anilines is 1. The number of carbonyl (C=O) groups is 2. The first-order chi connectivity index (χ1) is 21.6. The molecule has 0 unspecified atom stereocenters. The highest BCUT2D eigenvalue weighted by Gasteiger charge is 2.43. The van der Waals surface area contributed by atoms with E-state index in [1.165, 1.54) is 18.1 Å². The fourth-order valence-electron chi connectivity index (χ4n) is 6.59. The minimum absolute atomic E-state index is 0.0511. The Bertz CT molecular complexity index is 1630. The van der Waals surface area contributed by atoms with Crippen LogP contribution in [0.15, 0.2) is 30.6 Å². The zero-order valence-corrected chi connectivity index (χ0v) is 25.1. The summed E-state index contributed by atoms with van der Waals surface area (Å²) in [7, 11) is 3.07. The van der Waals surface area contributed by atoms with Gasteiger partial charge in [0.1, 0.15) is 24.0 Å². The summed E-state index contributed by atoms with van der Waals surface area (Å²) in [6, 6.07) is 5.07. The SMILES string of the molecule is COC(=O)[C@H](NCC1CCC1)c1cc2c(c(C(F)(F)F)c1)CN(c1cc([C@@H](c3nncn3C)C3COC3)cc(C3CC3)n1)C2=O. The predicted molar refractivity (Wildman–Crippen MR) is 155 cm³/mol. The summed E-state index contributed by atoms with van der Waals surface area (Å²) in [6.07, 6.45) is 1.86. The Kier molecular flexibility index (Phi) is 7.63. The van der Waals surface area contributed by atoms with Crippen molar-refractivity contribution in [3.63, 3.8) is 0 Å². The molecular weight excluding hydrogens is 589 g/mol. The first-order valence-electron chi connectivity index (χ1n) is 15.4. The monoisotopic (exact) mass is 624 g/mol. The van der Waals surface area contributed by atoms with Gasteiger partial charge >= 0.3 is 12.1 Å². The van der Waals surface area contributed by atoms with Gasteiger partial charge in [-0.25, -0.2) is 9.78 Å². The van der Waals surface area contributed by atoms with E-state index in [0.717, 1.165) is 55.3 Å². The van der Waals surface area contributed by atoms with Crippen molar-refractivity contribution in [1.82, 2.24) is 25.1 Å². The number of methoxy groups -OCH3 is 1. The number of carbonyl (C=O) groups excluding carboxylic acids is 2. The molecule has 3 fully saturated rings. The van der Waals surface area contributed by atoms with Crippen molar-refractivity contribution in [2.24, 2.45) is 18.9 Å². The number of aryl methyl sites for hydroxylation is 1. The highest BCUT2D eigenvalue weighted by Crippen LogP contribution is 2.45. The number of nitrogens with one attached hydrogen (secondary N) is 1. The fraction of sp³-hybridized carbons (Fsp3) is 0.531. The summed E-state index contributed by atoms with van der Waals surface area (Å²) in [6.45, 7) is 1.26. The maximum atomic E-state index is 14.6. The van der Waals surface area contributed by atoms with Crippen LogP contribution in [-0.4, -0.2) is 58.5 Å². The van der Waals surface area contributed by atoms with Gasteiger partial charge in [0, 0.05) is 30.1 Å². The van der Waals surface area contributed by atoms with Gasteiger partial charge in [-0.3, -0.25) is 9.69 Å². The van der Waals surface area contributed by atoms with Gasteiger partial charge in [0.05, 0.1) is 38.3 Å². The van der Waals surface area contributed by atoms with Gasteiger partial charge in [-0.1, -0.05) is 6.42 Å². The van der Waals surface area contributed by atoms with Crippen LogP contribution in [0.1, 0.15) is 94.1 Å². The number of hydrogen-bond donors (Lipinski definition) is 1. The van der Waals surface area contributed by atoms with Gasteiger partial charge in [0.2, 0.25) is 0 Å². The standard InChI is InChI=1S/C32H35F3N6O4/c1-40-16-37-39-29(40)27(21-14-45-15-21)19-10-25(18-6-7-18)38-26(11-19)41-13-23-22(30(41)42)8-20(9-24(23)32(33,34)35)28(31(43)44-2)36-12-17-4-3-5-17/h8-11,16-18,21,27-28,36H,3-7,12-15H2,1-2H3/t27-,28-/m1/s1. The van der Waals surface area contributed by atoms with Crippen molar-refractivity contribution in [1.29, 1.82) is 0 Å². The maximum absolute atomic E-state index is 14.6. The van der Waals surface area contributed by atoms with Gasteiger partial charge < -0.3 is 19.4 Å². The highest BCUT2D eigenvalue weighted by molar-refractivity contribution is 6.10. The molecule has 0 spiro atoms. The second-order valence-corrected chi connectivity index (χ2v) is 12.7. The summed E-state index contributed by atoms with van der Waals surface area (Å²) in [4.78, 5) is 32.9. The number of benzene rings is 1. The van der Waals surface area contributed by atoms with Crippen LogP contribution in [0.5, 0.6) is 0 Å². The summed E-state index contributed by atoms with van der Waals surface area (Å²) in [5, 5.41) is 11.5. The number of fused-ring (bicyclic) bond motifs is 1. The summed E-state index contributed by atoms with van der Waals surface area (Å²) in [5.41, 5.74) is 0.578. The normalized spacial score (nSPS) is 20.0. The Morgan fingerprint density at radius 2 is 1.91 bits per heavy atom. The van der Waals surface area contributed by atoms with Gasteiger partial charge in [-0.05, 0) is 79.1 Å². The third kappa shape index (κ3) is 5.60. The zero-order chi connectivity index (χ0) is 31.5. The minimum Gasteiger partial charge on any atom is -0.468 e. The maximum Gasteiger partial charge on any atom is 0.416 e. The molecule has 1 N–H and O–H groups in total. The Labute approximate surface area is 258 Å². The van der Waals surface area contributed by atoms with Crippen molar-refractivity contribution in [3.05, 3.63) is 69.9 Å². The number of esters is 1. The molecule has 13 heteroatoms. The number of pyridine rings is 1. The van der Waals surface area contributed by atoms with Crippen LogP contribution >= 0.6 is 0 Å². The molecule has 2 aliphatic carbocycles. The first-order valence-corrected chi connectivity index (χ1v) is 15.4. The van der Waals surface area contributed by atoms with E-state index >= 15 is 0 Å². The molecule has 4 heterocycles. The zero-order valence-electron chi connectivity index (χ0n) is 25.1. The smallest absolute Gasteiger partial charge is 0.416 e. The molecule has 1 aromatic carbocycles. The van der Waals surface area contributed by atoms with Crippen LogP contribution in [0.4, 0.5) is 19.0 Å². The van der Waals surface area contributed by atoms with E-state index in [1.54, 1.807) is 12.4 Å². The molecular formula is C32H35F3N6O4. The molecule has 2 aliphatic heterocycles. The summed E-state index contributed by atoms with van der Waals surface area (Å²) >= 11 is 0. The molecule has 4 aliphatic rings. The van der Waals surface area contributed by atoms with E-state index in [4.69, 9.17) is 14.5 Å². The van der Waals surface area contributed by atoms with E-state index in [9.17, 15) is 22.8 Å². The molecule has 2 saturated carbocycles. The molecule has 2 atom stereocenters. The molecule has 0 radical (unpaired) electrons. The molecule has 7 rings (SSSR count). The average molecular weight is 625 g/mol. The second-order valence-electron chi connectivity index (χ2n) is 12.7. The van der Waals surface area contributed by atoms with Crippen molar-refractivity contribution in [2.75, 3.05) is 31.8 Å². The lowest BCUT2D eigenvalue weighted by Crippen LogP contribution is -2.35. The van der Waals surface area contributed by atoms with Crippen molar-refractivity contribution < 1.29 is 32.2 Å². The molecule has 0 bridgehead atoms. The van der Waals surface area contributed by atoms with Crippen LogP contribution < -0.4 is 10.2 Å². The molecule has 45 heavy (non-hydrogen) atoms. The van der Waals surface area contributed by atoms with Crippen LogP contribution in [0, 0.1) is 11.8 Å². The third-order valence-electron chi connectivity index (χ3n) is 9.62. The van der Waals surface area contributed by atoms with Crippen molar-refractivity contribution in [2.45, 2.75) is 62.7 Å². The van der Waals surface area contributed by atoms with Crippen LogP contribution in [0.2, 0.25) is 0 Å². The van der Waals surface area contributed by atoms with E-state index in [1.807, 2.05) is 17.7 Å². The van der Waals surface area contributed by atoms with E-state index in [0.29, 0.717) is 31.5 Å². The van der Waals surface area contributed by atoms with Crippen LogP contribution in [0.3, 0.4) is 0 Å². The molecule has 2 aromatic heterocycles. The largest absolute Gasteiger partial charge is 0.468 e. The number of alkyl halides is 3. The minimum atomic E-state index is -4.75. The number of aromatic nitrogens is 4. The number of amides is 1. The summed E-state index contributed by atoms with van der Waals surface area (Å²) in [5.74, 6) is 0.254. The number of halogens is 3. The lowest BCUT2D eigenvalue weighted by atomic mass is 9.83. The van der Waals surface area contributed by atoms with E-state index in [-0.39, 0.29) is 41.0 Å². The molecule has 3 aromatic rings. The Morgan fingerprint density at radius 1 is 1.13 bits per heavy atom. The first kappa shape index (κ1) is 29.8. The van der Waals surface area contributed by atoms with E-state index in [2.05, 4.69) is 15.5 Å². The third-order valence-corrected chi connectivity index (χ3v) is 9.62. The lowest BCUT2D eigenvalue weighted by molar-refractivity contribution is -0.144. The number of hydrogen-bond acceptors (Lipinski definition) is 8. The predicted octanol–water partition coefficient (Wildman–Crippen LogP) is 4.65. The molecule has 238 valence electrons. The number of rotatable bonds is 10. The van der Waals surface area contributed by atoms with Crippen LogP contribution in [-0.2, 0) is 34.0 Å². The molecule has 1 amide bonds. The number of nitrogens with zero attached hydrogens (tertiary/aromatic N) is 5. The van der Waals surface area contributed by atoms with Crippen molar-refractivity contribution >= 4 is 17.7 Å². The number of ether oxygens (including phenoxy) is 2. The van der Waals surface area contributed by atoms with E-state index < -0.39 is 29.7 Å². The average Bonchev–Trinajstić information content (AvgIpc) is 3.65. The van der Waals surface area contributed by atoms with Crippen LogP contribution in [0.25, 0.3) is 0 Å². The van der Waals surface area contributed by atoms with Gasteiger partial charge in [0.15, 0.2) is 0 Å². The van der Waals surface area contributed by atoms with Crippen molar-refractivity contribution in [3.8, 4) is 0 Å². The topological polar surface area (TPSA) is 111 Å². The lowest BCUT2D eigenvalue weighted by Gasteiger charge is -2.34. The quantitative estimate of drug-likeness (QED) is 0.325. The molecule has 1 saturated heterocycles.